The van der Waals surface area contributed by atoms with Crippen LogP contribution in [0.5, 0.6) is 0 Å². The lowest BCUT2D eigenvalue weighted by Crippen LogP contribution is -1.99. The van der Waals surface area contributed by atoms with Crippen LogP contribution in [-0.4, -0.2) is 5.51 Å². The Hall–Kier alpha value is -0.230. The molecule has 1 rings (SSSR count). The predicted molar refractivity (Wildman–Crippen MR) is 46.0 cm³/mol. The molecule has 0 aliphatic rings. The highest BCUT2D eigenvalue weighted by molar-refractivity contribution is 9.10. The standard InChI is InChI=1S/C7H3BrF4S/c8-5-2-1-4(3-6(5)9)13-7(10,11)12/h1-3H. The molecule has 0 unspecified atom stereocenters. The molecule has 72 valence electrons. The zero-order valence-corrected chi connectivity index (χ0v) is 8.43. The number of thioether (sulfide) groups is 1. The second-order valence-corrected chi connectivity index (χ2v) is 4.12. The molecule has 0 saturated heterocycles. The SMILES string of the molecule is Fc1cc(SC(F)(F)F)ccc1Br. The quantitative estimate of drug-likeness (QED) is 0.546. The first kappa shape index (κ1) is 10.8. The maximum Gasteiger partial charge on any atom is 0.446 e. The summed E-state index contributed by atoms with van der Waals surface area (Å²) in [6, 6.07) is 3.27. The highest BCUT2D eigenvalue weighted by atomic mass is 79.9. The predicted octanol–water partition coefficient (Wildman–Crippen LogP) is 4.20. The van der Waals surface area contributed by atoms with Gasteiger partial charge in [-0.2, -0.15) is 13.2 Å². The van der Waals surface area contributed by atoms with Crippen molar-refractivity contribution in [3.63, 3.8) is 0 Å². The maximum atomic E-state index is 12.7. The summed E-state index contributed by atoms with van der Waals surface area (Å²) in [6.07, 6.45) is 0. The van der Waals surface area contributed by atoms with Crippen LogP contribution in [0.4, 0.5) is 17.6 Å². The number of alkyl halides is 3. The Morgan fingerprint density at radius 3 is 2.31 bits per heavy atom. The fourth-order valence-corrected chi connectivity index (χ4v) is 1.49. The molecule has 1 aromatic rings. The summed E-state index contributed by atoms with van der Waals surface area (Å²) in [5.41, 5.74) is -4.37. The fourth-order valence-electron chi connectivity index (χ4n) is 0.674. The molecule has 0 spiro atoms. The van der Waals surface area contributed by atoms with Gasteiger partial charge < -0.3 is 0 Å². The first-order chi connectivity index (χ1) is 5.88. The average molecular weight is 275 g/mol. The molecule has 0 saturated carbocycles. The highest BCUT2D eigenvalue weighted by Crippen LogP contribution is 2.37. The molecule has 0 aromatic heterocycles. The van der Waals surface area contributed by atoms with Crippen molar-refractivity contribution in [1.29, 1.82) is 0 Å². The molecule has 0 aliphatic carbocycles. The van der Waals surface area contributed by atoms with Gasteiger partial charge in [-0.05, 0) is 45.9 Å². The van der Waals surface area contributed by atoms with Crippen molar-refractivity contribution in [3.8, 4) is 0 Å². The van der Waals surface area contributed by atoms with E-state index in [-0.39, 0.29) is 21.1 Å². The Bertz CT molecular complexity index is 310. The van der Waals surface area contributed by atoms with E-state index in [1.807, 2.05) is 0 Å². The van der Waals surface area contributed by atoms with Crippen LogP contribution in [0.15, 0.2) is 27.6 Å². The van der Waals surface area contributed by atoms with Crippen molar-refractivity contribution in [2.45, 2.75) is 10.4 Å². The van der Waals surface area contributed by atoms with Gasteiger partial charge in [-0.3, -0.25) is 0 Å². The van der Waals surface area contributed by atoms with E-state index in [0.29, 0.717) is 0 Å². The van der Waals surface area contributed by atoms with Crippen molar-refractivity contribution in [1.82, 2.24) is 0 Å². The van der Waals surface area contributed by atoms with Crippen LogP contribution in [0, 0.1) is 5.82 Å². The molecule has 0 amide bonds. The molecule has 0 nitrogen and oxygen atoms in total. The van der Waals surface area contributed by atoms with Crippen LogP contribution in [0.2, 0.25) is 0 Å². The molecule has 6 heteroatoms. The fraction of sp³-hybridized carbons (Fsp3) is 0.143. The molecule has 0 bridgehead atoms. The van der Waals surface area contributed by atoms with Crippen molar-refractivity contribution < 1.29 is 17.6 Å². The van der Waals surface area contributed by atoms with E-state index in [0.717, 1.165) is 6.07 Å². The third-order valence-electron chi connectivity index (χ3n) is 1.12. The first-order valence-corrected chi connectivity index (χ1v) is 4.70. The Kier molecular flexibility index (Phi) is 3.23. The summed E-state index contributed by atoms with van der Waals surface area (Å²) in [4.78, 5) is -0.159. The van der Waals surface area contributed by atoms with Gasteiger partial charge >= 0.3 is 5.51 Å². The molecular weight excluding hydrogens is 272 g/mol. The average Bonchev–Trinajstić information content (AvgIpc) is 1.94. The van der Waals surface area contributed by atoms with Crippen LogP contribution in [0.1, 0.15) is 0 Å². The summed E-state index contributed by atoms with van der Waals surface area (Å²) >= 11 is 2.51. The molecule has 1 aromatic carbocycles. The topological polar surface area (TPSA) is 0 Å². The van der Waals surface area contributed by atoms with Crippen molar-refractivity contribution >= 4 is 27.7 Å². The Morgan fingerprint density at radius 2 is 1.85 bits per heavy atom. The number of rotatable bonds is 1. The zero-order valence-electron chi connectivity index (χ0n) is 6.03. The first-order valence-electron chi connectivity index (χ1n) is 3.09. The third-order valence-corrected chi connectivity index (χ3v) is 2.49. The number of benzene rings is 1. The Balaban J connectivity index is 2.86. The largest absolute Gasteiger partial charge is 0.446 e. The van der Waals surface area contributed by atoms with E-state index >= 15 is 0 Å². The van der Waals surface area contributed by atoms with E-state index in [2.05, 4.69) is 15.9 Å². The van der Waals surface area contributed by atoms with E-state index in [4.69, 9.17) is 0 Å². The lowest BCUT2D eigenvalue weighted by Gasteiger charge is -2.05. The summed E-state index contributed by atoms with van der Waals surface area (Å²) in [6.45, 7) is 0. The zero-order chi connectivity index (χ0) is 10.1. The number of hydrogen-bond donors (Lipinski definition) is 0. The van der Waals surface area contributed by atoms with Gasteiger partial charge in [0, 0.05) is 4.90 Å². The van der Waals surface area contributed by atoms with E-state index in [9.17, 15) is 17.6 Å². The maximum absolute atomic E-state index is 12.7. The number of halogens is 5. The second-order valence-electron chi connectivity index (χ2n) is 2.12. The van der Waals surface area contributed by atoms with Crippen LogP contribution in [0.25, 0.3) is 0 Å². The van der Waals surface area contributed by atoms with Crippen molar-refractivity contribution in [2.75, 3.05) is 0 Å². The van der Waals surface area contributed by atoms with Gasteiger partial charge in [0.25, 0.3) is 0 Å². The monoisotopic (exact) mass is 274 g/mol. The van der Waals surface area contributed by atoms with E-state index < -0.39 is 11.3 Å². The summed E-state index contributed by atoms with van der Waals surface area (Å²) in [5.74, 6) is -0.700. The summed E-state index contributed by atoms with van der Waals surface area (Å²) in [7, 11) is 0. The molecule has 0 aliphatic heterocycles. The highest BCUT2D eigenvalue weighted by Gasteiger charge is 2.29. The van der Waals surface area contributed by atoms with Gasteiger partial charge in [-0.1, -0.05) is 0 Å². The molecule has 0 N–H and O–H groups in total. The molecule has 0 fully saturated rings. The third kappa shape index (κ3) is 3.56. The van der Waals surface area contributed by atoms with Gasteiger partial charge in [-0.25, -0.2) is 4.39 Å². The van der Waals surface area contributed by atoms with Crippen molar-refractivity contribution in [3.05, 3.63) is 28.5 Å². The van der Waals surface area contributed by atoms with Gasteiger partial charge in [0.05, 0.1) is 4.47 Å². The van der Waals surface area contributed by atoms with Crippen LogP contribution >= 0.6 is 27.7 Å². The molecule has 0 heterocycles. The molecule has 13 heavy (non-hydrogen) atoms. The van der Waals surface area contributed by atoms with Crippen LogP contribution in [0.3, 0.4) is 0 Å². The lowest BCUT2D eigenvalue weighted by molar-refractivity contribution is -0.0328. The van der Waals surface area contributed by atoms with E-state index in [1.165, 1.54) is 12.1 Å². The van der Waals surface area contributed by atoms with Gasteiger partial charge in [0.2, 0.25) is 0 Å². The van der Waals surface area contributed by atoms with Gasteiger partial charge in [0.15, 0.2) is 0 Å². The summed E-state index contributed by atoms with van der Waals surface area (Å²) < 4.78 is 48.3. The second kappa shape index (κ2) is 3.88. The van der Waals surface area contributed by atoms with Gasteiger partial charge in [-0.15, -0.1) is 0 Å². The minimum absolute atomic E-state index is 0.152. The minimum atomic E-state index is -4.37. The van der Waals surface area contributed by atoms with Crippen LogP contribution < -0.4 is 0 Å². The molecule has 0 atom stereocenters. The molecule has 0 radical (unpaired) electrons. The smallest absolute Gasteiger partial charge is 0.206 e. The minimum Gasteiger partial charge on any atom is -0.206 e. The molecular formula is C7H3BrF4S. The Morgan fingerprint density at radius 1 is 1.23 bits per heavy atom. The lowest BCUT2D eigenvalue weighted by atomic mass is 10.3. The van der Waals surface area contributed by atoms with Gasteiger partial charge in [0.1, 0.15) is 5.82 Å². The normalized spacial score (nSPS) is 11.8. The van der Waals surface area contributed by atoms with Crippen LogP contribution in [-0.2, 0) is 0 Å². The summed E-state index contributed by atoms with van der Waals surface area (Å²) in [5, 5.41) is 0. The van der Waals surface area contributed by atoms with E-state index in [1.54, 1.807) is 0 Å². The van der Waals surface area contributed by atoms with Crippen molar-refractivity contribution in [2.24, 2.45) is 0 Å². The number of hydrogen-bond acceptors (Lipinski definition) is 1. The Labute approximate surface area is 84.4 Å².